The third kappa shape index (κ3) is 3.58. The van der Waals surface area contributed by atoms with Crippen molar-refractivity contribution >= 4 is 11.6 Å². The molecule has 4 heteroatoms. The topological polar surface area (TPSA) is 41.0 Å². The van der Waals surface area contributed by atoms with Crippen LogP contribution in [0.2, 0.25) is 0 Å². The molecule has 1 aliphatic heterocycles. The van der Waals surface area contributed by atoms with E-state index in [0.717, 1.165) is 55.4 Å². The Morgan fingerprint density at radius 3 is 2.84 bits per heavy atom. The molecule has 1 aromatic rings. The molecule has 2 rings (SSSR count). The molecule has 1 saturated heterocycles. The van der Waals surface area contributed by atoms with E-state index in [-0.39, 0.29) is 0 Å². The third-order valence-corrected chi connectivity index (χ3v) is 3.87. The summed E-state index contributed by atoms with van der Waals surface area (Å²) in [5.74, 6) is 4.43. The van der Waals surface area contributed by atoms with Gasteiger partial charge in [-0.15, -0.1) is 0 Å². The molecule has 0 radical (unpaired) electrons. The Hall–Kier alpha value is -1.32. The van der Waals surface area contributed by atoms with Gasteiger partial charge in [-0.25, -0.2) is 9.97 Å². The second-order valence-electron chi connectivity index (χ2n) is 5.82. The van der Waals surface area contributed by atoms with Crippen molar-refractivity contribution in [2.24, 2.45) is 11.8 Å². The lowest BCUT2D eigenvalue weighted by Gasteiger charge is -2.20. The van der Waals surface area contributed by atoms with E-state index < -0.39 is 0 Å². The maximum atomic E-state index is 4.59. The van der Waals surface area contributed by atoms with Crippen LogP contribution >= 0.6 is 0 Å². The summed E-state index contributed by atoms with van der Waals surface area (Å²) < 4.78 is 0. The molecule has 0 bridgehead atoms. The number of hydrogen-bond acceptors (Lipinski definition) is 4. The van der Waals surface area contributed by atoms with E-state index in [0.29, 0.717) is 0 Å². The zero-order valence-electron chi connectivity index (χ0n) is 12.6. The highest BCUT2D eigenvalue weighted by atomic mass is 15.2. The fourth-order valence-corrected chi connectivity index (χ4v) is 2.60. The second-order valence-corrected chi connectivity index (χ2v) is 5.82. The monoisotopic (exact) mass is 262 g/mol. The van der Waals surface area contributed by atoms with Crippen LogP contribution in [0.3, 0.4) is 0 Å². The molecular formula is C15H26N4. The van der Waals surface area contributed by atoms with Crippen LogP contribution in [0.5, 0.6) is 0 Å². The molecule has 4 nitrogen and oxygen atoms in total. The summed E-state index contributed by atoms with van der Waals surface area (Å²) in [7, 11) is 0. The van der Waals surface area contributed by atoms with Gasteiger partial charge in [-0.1, -0.05) is 20.8 Å². The molecule has 106 valence electrons. The summed E-state index contributed by atoms with van der Waals surface area (Å²) in [5.41, 5.74) is 0. The number of nitrogens with one attached hydrogen (secondary N) is 1. The Labute approximate surface area is 116 Å². The fraction of sp³-hybridized carbons (Fsp3) is 0.733. The van der Waals surface area contributed by atoms with Gasteiger partial charge in [0.05, 0.1) is 0 Å². The van der Waals surface area contributed by atoms with Gasteiger partial charge >= 0.3 is 0 Å². The van der Waals surface area contributed by atoms with Crippen molar-refractivity contribution in [3.05, 3.63) is 11.9 Å². The Kier molecular flexibility index (Phi) is 4.61. The van der Waals surface area contributed by atoms with Gasteiger partial charge in [-0.05, 0) is 31.6 Å². The van der Waals surface area contributed by atoms with E-state index >= 15 is 0 Å². The lowest BCUT2D eigenvalue weighted by atomic mass is 9.95. The van der Waals surface area contributed by atoms with Gasteiger partial charge < -0.3 is 10.2 Å². The molecule has 0 amide bonds. The third-order valence-electron chi connectivity index (χ3n) is 3.87. The molecule has 2 heterocycles. The Morgan fingerprint density at radius 2 is 2.21 bits per heavy atom. The van der Waals surface area contributed by atoms with Crippen molar-refractivity contribution in [2.45, 2.75) is 40.5 Å². The van der Waals surface area contributed by atoms with Crippen LogP contribution < -0.4 is 10.2 Å². The normalized spacial score (nSPS) is 19.2. The Bertz CT molecular complexity index is 417. The van der Waals surface area contributed by atoms with Gasteiger partial charge in [0.15, 0.2) is 0 Å². The first-order valence-electron chi connectivity index (χ1n) is 7.44. The zero-order chi connectivity index (χ0) is 13.8. The van der Waals surface area contributed by atoms with Gasteiger partial charge in [-0.2, -0.15) is 0 Å². The van der Waals surface area contributed by atoms with Crippen LogP contribution in [0, 0.1) is 18.8 Å². The van der Waals surface area contributed by atoms with Crippen LogP contribution in [0.1, 0.15) is 39.4 Å². The van der Waals surface area contributed by atoms with E-state index in [1.807, 2.05) is 6.92 Å². The van der Waals surface area contributed by atoms with E-state index in [1.54, 1.807) is 0 Å². The zero-order valence-corrected chi connectivity index (χ0v) is 12.6. The average molecular weight is 262 g/mol. The van der Waals surface area contributed by atoms with Crippen LogP contribution in [0.25, 0.3) is 0 Å². The van der Waals surface area contributed by atoms with Crippen molar-refractivity contribution < 1.29 is 0 Å². The number of rotatable bonds is 5. The van der Waals surface area contributed by atoms with Gasteiger partial charge in [0.2, 0.25) is 0 Å². The van der Waals surface area contributed by atoms with Crippen molar-refractivity contribution in [1.29, 1.82) is 0 Å². The summed E-state index contributed by atoms with van der Waals surface area (Å²) in [6.07, 6.45) is 2.38. The molecule has 0 aliphatic carbocycles. The highest BCUT2D eigenvalue weighted by molar-refractivity contribution is 5.50. The van der Waals surface area contributed by atoms with E-state index in [4.69, 9.17) is 0 Å². The predicted octanol–water partition coefficient (Wildman–Crippen LogP) is 3.09. The van der Waals surface area contributed by atoms with E-state index in [9.17, 15) is 0 Å². The predicted molar refractivity (Wildman–Crippen MR) is 80.7 cm³/mol. The van der Waals surface area contributed by atoms with Crippen molar-refractivity contribution in [3.8, 4) is 0 Å². The standard InChI is InChI=1S/C15H26N4/c1-5-7-16-14-9-15(18-12(4)17-14)19-8-6-13(10-19)11(2)3/h9,11,13H,5-8,10H2,1-4H3,(H,16,17,18). The van der Waals surface area contributed by atoms with Gasteiger partial charge in [0.1, 0.15) is 17.5 Å². The largest absolute Gasteiger partial charge is 0.370 e. The van der Waals surface area contributed by atoms with E-state index in [2.05, 4.69) is 47.0 Å². The average Bonchev–Trinajstić information content (AvgIpc) is 2.85. The summed E-state index contributed by atoms with van der Waals surface area (Å²) in [4.78, 5) is 11.4. The quantitative estimate of drug-likeness (QED) is 0.885. The first-order chi connectivity index (χ1) is 9.10. The maximum absolute atomic E-state index is 4.59. The van der Waals surface area contributed by atoms with Crippen molar-refractivity contribution in [2.75, 3.05) is 29.9 Å². The summed E-state index contributed by atoms with van der Waals surface area (Å²) in [5, 5.41) is 3.36. The molecule has 1 aliphatic rings. The summed E-state index contributed by atoms with van der Waals surface area (Å²) >= 11 is 0. The van der Waals surface area contributed by atoms with Crippen LogP contribution in [0.4, 0.5) is 11.6 Å². The molecule has 1 unspecified atom stereocenters. The lowest BCUT2D eigenvalue weighted by Crippen LogP contribution is -2.23. The number of aromatic nitrogens is 2. The maximum Gasteiger partial charge on any atom is 0.134 e. The van der Waals surface area contributed by atoms with Gasteiger partial charge in [0.25, 0.3) is 0 Å². The number of hydrogen-bond donors (Lipinski definition) is 1. The van der Waals surface area contributed by atoms with Crippen LogP contribution in [0.15, 0.2) is 6.07 Å². The molecular weight excluding hydrogens is 236 g/mol. The molecule has 0 aromatic carbocycles. The number of nitrogens with zero attached hydrogens (tertiary/aromatic N) is 3. The summed E-state index contributed by atoms with van der Waals surface area (Å²) in [6.45, 7) is 12.0. The lowest BCUT2D eigenvalue weighted by molar-refractivity contribution is 0.422. The summed E-state index contributed by atoms with van der Waals surface area (Å²) in [6, 6.07) is 2.09. The Morgan fingerprint density at radius 1 is 1.42 bits per heavy atom. The molecule has 19 heavy (non-hydrogen) atoms. The smallest absolute Gasteiger partial charge is 0.134 e. The minimum atomic E-state index is 0.755. The molecule has 1 N–H and O–H groups in total. The number of aryl methyl sites for hydroxylation is 1. The minimum Gasteiger partial charge on any atom is -0.370 e. The van der Waals surface area contributed by atoms with Crippen LogP contribution in [-0.2, 0) is 0 Å². The molecule has 1 aromatic heterocycles. The highest BCUT2D eigenvalue weighted by Gasteiger charge is 2.26. The van der Waals surface area contributed by atoms with Crippen molar-refractivity contribution in [1.82, 2.24) is 9.97 Å². The first kappa shape index (κ1) is 14.1. The molecule has 1 fully saturated rings. The Balaban J connectivity index is 2.09. The van der Waals surface area contributed by atoms with Gasteiger partial charge in [0, 0.05) is 25.7 Å². The highest BCUT2D eigenvalue weighted by Crippen LogP contribution is 2.28. The van der Waals surface area contributed by atoms with Crippen LogP contribution in [-0.4, -0.2) is 29.6 Å². The molecule has 0 spiro atoms. The van der Waals surface area contributed by atoms with E-state index in [1.165, 1.54) is 6.42 Å². The molecule has 0 saturated carbocycles. The fourth-order valence-electron chi connectivity index (χ4n) is 2.60. The molecule has 1 atom stereocenters. The minimum absolute atomic E-state index is 0.755. The van der Waals surface area contributed by atoms with Gasteiger partial charge in [-0.3, -0.25) is 0 Å². The number of anilines is 2. The van der Waals surface area contributed by atoms with Crippen molar-refractivity contribution in [3.63, 3.8) is 0 Å². The SMILES string of the molecule is CCCNc1cc(N2CCC(C(C)C)C2)nc(C)n1. The second kappa shape index (κ2) is 6.22. The first-order valence-corrected chi connectivity index (χ1v) is 7.44.